The van der Waals surface area contributed by atoms with E-state index in [-0.39, 0.29) is 24.6 Å². The maximum atomic E-state index is 10.7. The van der Waals surface area contributed by atoms with Gasteiger partial charge in [0, 0.05) is 6.04 Å². The second-order valence-electron chi connectivity index (χ2n) is 4.11. The molecular weight excluding hydrogens is 332 g/mol. The van der Waals surface area contributed by atoms with Crippen molar-refractivity contribution in [1.29, 1.82) is 5.26 Å². The number of nitrogens with zero attached hydrogens (tertiary/aromatic N) is 4. The predicted octanol–water partition coefficient (Wildman–Crippen LogP) is -4.03. The van der Waals surface area contributed by atoms with Gasteiger partial charge in [-0.1, -0.05) is 6.42 Å². The molecule has 14 nitrogen and oxygen atoms in total. The Morgan fingerprint density at radius 3 is 2.44 bits per heavy atom. The molecule has 0 aliphatic carbocycles. The maximum Gasteiger partial charge on any atom is 0.316 e. The molecule has 0 unspecified atom stereocenters. The minimum absolute atomic E-state index is 0.0567. The third-order valence-electron chi connectivity index (χ3n) is 2.27. The first kappa shape index (κ1) is 21.1. The van der Waals surface area contributed by atoms with Crippen LogP contribution in [-0.4, -0.2) is 55.6 Å². The number of terminal acetylenes is 1. The molecule has 4 amide bonds. The number of primary amides is 1. The summed E-state index contributed by atoms with van der Waals surface area (Å²) in [7, 11) is 0. The number of urea groups is 2. The Labute approximate surface area is 143 Å². The number of amides is 4. The predicted molar refractivity (Wildman–Crippen MR) is 89.7 cm³/mol. The van der Waals surface area contributed by atoms with Crippen molar-refractivity contribution in [2.75, 3.05) is 26.7 Å². The first-order valence-electron chi connectivity index (χ1n) is 6.64. The molecule has 1 fully saturated rings. The fourth-order valence-corrected chi connectivity index (χ4v) is 1.19. The van der Waals surface area contributed by atoms with Gasteiger partial charge in [0.25, 0.3) is 0 Å². The Hall–Kier alpha value is -3.91. The largest absolute Gasteiger partial charge is 0.369 e. The molecule has 1 aliphatic heterocycles. The van der Waals surface area contributed by atoms with Crippen LogP contribution >= 0.6 is 0 Å². The van der Waals surface area contributed by atoms with Crippen LogP contribution in [0, 0.1) is 23.9 Å². The Morgan fingerprint density at radius 1 is 1.28 bits per heavy atom. The van der Waals surface area contributed by atoms with Gasteiger partial charge in [-0.25, -0.2) is 19.5 Å². The maximum absolute atomic E-state index is 10.7. The molecule has 14 heteroatoms. The van der Waals surface area contributed by atoms with E-state index in [4.69, 9.17) is 28.9 Å². The van der Waals surface area contributed by atoms with Gasteiger partial charge in [-0.05, 0) is 0 Å². The highest BCUT2D eigenvalue weighted by Gasteiger charge is 2.12. The Morgan fingerprint density at radius 2 is 1.92 bits per heavy atom. The summed E-state index contributed by atoms with van der Waals surface area (Å²) in [5, 5.41) is 20.3. The molecule has 0 aromatic heterocycles. The molecule has 1 rings (SSSR count). The van der Waals surface area contributed by atoms with Crippen molar-refractivity contribution in [2.24, 2.45) is 27.2 Å². The van der Waals surface area contributed by atoms with Gasteiger partial charge in [-0.2, -0.15) is 10.3 Å². The van der Waals surface area contributed by atoms with Crippen LogP contribution in [0.15, 0.2) is 9.98 Å². The third kappa shape index (κ3) is 12.3. The van der Waals surface area contributed by atoms with E-state index < -0.39 is 6.03 Å². The van der Waals surface area contributed by atoms with Crippen LogP contribution < -0.4 is 43.8 Å². The third-order valence-corrected chi connectivity index (χ3v) is 2.27. The standard InChI is InChI=1S/C6H11N7O.C5H9N5O/c7-1-9-5(8)10-2-13-3-11-6(14)12-4-13;1-2-8-4(6)9-3-10-5(7)11/h2-4H2,(H3,8,9,10)(H2,11,12,14);1H,3H2,(H3,6,8,9)(H3,7,10,11). The number of rotatable bonds is 4. The molecule has 136 valence electrons. The minimum atomic E-state index is -0.647. The van der Waals surface area contributed by atoms with E-state index in [1.807, 2.05) is 6.04 Å². The number of hydrogen-bond acceptors (Lipinski definition) is 6. The zero-order valence-electron chi connectivity index (χ0n) is 13.2. The highest BCUT2D eigenvalue weighted by atomic mass is 16.2. The van der Waals surface area contributed by atoms with Gasteiger partial charge in [0.2, 0.25) is 11.9 Å². The monoisotopic (exact) mass is 352 g/mol. The molecule has 25 heavy (non-hydrogen) atoms. The molecule has 1 aliphatic rings. The summed E-state index contributed by atoms with van der Waals surface area (Å²) in [5.74, 6) is 0.116. The summed E-state index contributed by atoms with van der Waals surface area (Å²) < 4.78 is 0. The molecule has 11 N–H and O–H groups in total. The van der Waals surface area contributed by atoms with Gasteiger partial charge in [-0.3, -0.25) is 5.32 Å². The summed E-state index contributed by atoms with van der Waals surface area (Å²) in [6.07, 6.45) is 6.44. The van der Waals surface area contributed by atoms with E-state index >= 15 is 0 Å². The second kappa shape index (κ2) is 12.6. The van der Waals surface area contributed by atoms with Crippen molar-refractivity contribution in [3.8, 4) is 18.7 Å². The highest BCUT2D eigenvalue weighted by Crippen LogP contribution is 1.88. The molecule has 0 aromatic carbocycles. The van der Waals surface area contributed by atoms with Crippen LogP contribution in [-0.2, 0) is 0 Å². The molecular formula is C11H20N12O2. The van der Waals surface area contributed by atoms with E-state index in [9.17, 15) is 9.59 Å². The summed E-state index contributed by atoms with van der Waals surface area (Å²) in [4.78, 5) is 29.8. The lowest BCUT2D eigenvalue weighted by Crippen LogP contribution is -2.54. The van der Waals surface area contributed by atoms with Crippen molar-refractivity contribution < 1.29 is 9.59 Å². The highest BCUT2D eigenvalue weighted by molar-refractivity contribution is 5.79. The number of nitrogens with one attached hydrogen (secondary N) is 5. The molecule has 0 aromatic rings. The smallest absolute Gasteiger partial charge is 0.316 e. The second-order valence-corrected chi connectivity index (χ2v) is 4.11. The first-order chi connectivity index (χ1) is 11.9. The van der Waals surface area contributed by atoms with Gasteiger partial charge in [0.05, 0.1) is 26.7 Å². The summed E-state index contributed by atoms with van der Waals surface area (Å²) in [6, 6.07) is 1.11. The lowest BCUT2D eigenvalue weighted by atomic mass is 10.6. The molecule has 1 heterocycles. The molecule has 0 saturated carbocycles. The number of nitriles is 1. The summed E-state index contributed by atoms with van der Waals surface area (Å²) >= 11 is 0. The lowest BCUT2D eigenvalue weighted by Gasteiger charge is -2.25. The van der Waals surface area contributed by atoms with E-state index in [1.54, 1.807) is 11.1 Å². The topological polar surface area (TPSA) is 224 Å². The SMILES string of the molecule is C#CN=C(N)NCNC(N)=O.N#CNC(N)=NCN1CNC(=O)NC1. The Balaban J connectivity index is 0.000000477. The fourth-order valence-electron chi connectivity index (χ4n) is 1.19. The van der Waals surface area contributed by atoms with Gasteiger partial charge in [-0.15, -0.1) is 0 Å². The molecule has 0 bridgehead atoms. The normalized spacial score (nSPS) is 14.4. The van der Waals surface area contributed by atoms with Gasteiger partial charge >= 0.3 is 12.1 Å². The summed E-state index contributed by atoms with van der Waals surface area (Å²) in [5.41, 5.74) is 15.2. The van der Waals surface area contributed by atoms with Gasteiger partial charge in [0.15, 0.2) is 6.19 Å². The Kier molecular flexibility index (Phi) is 10.6. The van der Waals surface area contributed by atoms with Crippen LogP contribution in [0.25, 0.3) is 0 Å². The Bertz CT molecular complexity index is 577. The van der Waals surface area contributed by atoms with Crippen molar-refractivity contribution in [3.05, 3.63) is 0 Å². The fraction of sp³-hybridized carbons (Fsp3) is 0.364. The number of carbonyl (C=O) groups is 2. The number of aliphatic imine (C=N–C) groups is 2. The number of nitrogens with two attached hydrogens (primary N) is 3. The zero-order chi connectivity index (χ0) is 19.1. The van der Waals surface area contributed by atoms with Crippen molar-refractivity contribution >= 4 is 24.0 Å². The molecule has 0 radical (unpaired) electrons. The number of hydrogen-bond donors (Lipinski definition) is 8. The average Bonchev–Trinajstić information content (AvgIpc) is 2.55. The van der Waals surface area contributed by atoms with Crippen LogP contribution in [0.5, 0.6) is 0 Å². The zero-order valence-corrected chi connectivity index (χ0v) is 13.2. The lowest BCUT2D eigenvalue weighted by molar-refractivity contribution is 0.185. The number of guanidine groups is 2. The summed E-state index contributed by atoms with van der Waals surface area (Å²) in [6.45, 7) is 1.24. The van der Waals surface area contributed by atoms with Crippen molar-refractivity contribution in [3.63, 3.8) is 0 Å². The average molecular weight is 352 g/mol. The van der Waals surface area contributed by atoms with E-state index in [2.05, 4.69) is 36.6 Å². The van der Waals surface area contributed by atoms with E-state index in [0.717, 1.165) is 0 Å². The van der Waals surface area contributed by atoms with Crippen LogP contribution in [0.2, 0.25) is 0 Å². The van der Waals surface area contributed by atoms with Gasteiger partial charge < -0.3 is 38.5 Å². The van der Waals surface area contributed by atoms with E-state index in [0.29, 0.717) is 20.0 Å². The van der Waals surface area contributed by atoms with Crippen LogP contribution in [0.3, 0.4) is 0 Å². The van der Waals surface area contributed by atoms with Gasteiger partial charge in [0.1, 0.15) is 0 Å². The quantitative estimate of drug-likeness (QED) is 0.0619. The van der Waals surface area contributed by atoms with Crippen molar-refractivity contribution in [1.82, 2.24) is 31.5 Å². The number of carbonyl (C=O) groups excluding carboxylic acids is 2. The first-order valence-corrected chi connectivity index (χ1v) is 6.64. The van der Waals surface area contributed by atoms with E-state index in [1.165, 1.54) is 0 Å². The van der Waals surface area contributed by atoms with Crippen LogP contribution in [0.4, 0.5) is 9.59 Å². The van der Waals surface area contributed by atoms with Crippen molar-refractivity contribution in [2.45, 2.75) is 0 Å². The minimum Gasteiger partial charge on any atom is -0.369 e. The molecule has 1 saturated heterocycles. The van der Waals surface area contributed by atoms with Crippen LogP contribution in [0.1, 0.15) is 0 Å². The molecule has 0 spiro atoms. The molecule has 0 atom stereocenters.